The van der Waals surface area contributed by atoms with Gasteiger partial charge in [0.25, 0.3) is 0 Å². The van der Waals surface area contributed by atoms with Gasteiger partial charge < -0.3 is 4.57 Å². The van der Waals surface area contributed by atoms with Crippen LogP contribution >= 0.6 is 23.2 Å². The Labute approximate surface area is 123 Å². The molecule has 1 saturated carbocycles. The van der Waals surface area contributed by atoms with E-state index in [0.29, 0.717) is 11.3 Å². The molecule has 0 atom stereocenters. The largest absolute Gasteiger partial charge is 0.327 e. The zero-order valence-corrected chi connectivity index (χ0v) is 12.6. The maximum Gasteiger partial charge on any atom is 0.111 e. The van der Waals surface area contributed by atoms with E-state index in [9.17, 15) is 0 Å². The van der Waals surface area contributed by atoms with Crippen molar-refractivity contribution < 1.29 is 0 Å². The normalized spacial score (nSPS) is 17.0. The highest BCUT2D eigenvalue weighted by Crippen LogP contribution is 2.50. The fourth-order valence-electron chi connectivity index (χ4n) is 2.73. The number of imidazole rings is 1. The summed E-state index contributed by atoms with van der Waals surface area (Å²) in [4.78, 5) is 4.71. The number of hydrogen-bond donors (Lipinski definition) is 0. The lowest BCUT2D eigenvalue weighted by Crippen LogP contribution is -2.13. The van der Waals surface area contributed by atoms with Gasteiger partial charge in [0, 0.05) is 23.9 Å². The van der Waals surface area contributed by atoms with Crippen molar-refractivity contribution in [3.8, 4) is 0 Å². The predicted octanol–water partition coefficient (Wildman–Crippen LogP) is 4.66. The molecular formula is C15H18Cl2N2. The Kier molecular flexibility index (Phi) is 3.48. The van der Waals surface area contributed by atoms with Gasteiger partial charge in [0.15, 0.2) is 0 Å². The van der Waals surface area contributed by atoms with Gasteiger partial charge >= 0.3 is 0 Å². The molecule has 0 unspecified atom stereocenters. The van der Waals surface area contributed by atoms with E-state index in [-0.39, 0.29) is 0 Å². The van der Waals surface area contributed by atoms with Crippen LogP contribution in [0.1, 0.15) is 32.0 Å². The van der Waals surface area contributed by atoms with E-state index >= 15 is 0 Å². The first kappa shape index (κ1) is 13.3. The molecule has 2 nitrogen and oxygen atoms in total. The molecule has 4 heteroatoms. The summed E-state index contributed by atoms with van der Waals surface area (Å²) in [5.41, 5.74) is 2.65. The number of aryl methyl sites for hydroxylation is 1. The zero-order valence-electron chi connectivity index (χ0n) is 11.1. The van der Waals surface area contributed by atoms with Gasteiger partial charge in [-0.05, 0) is 42.9 Å². The molecule has 0 amide bonds. The molecule has 0 bridgehead atoms. The zero-order chi connectivity index (χ0) is 13.5. The van der Waals surface area contributed by atoms with Crippen LogP contribution in [-0.4, -0.2) is 15.4 Å². The van der Waals surface area contributed by atoms with Crippen molar-refractivity contribution in [2.45, 2.75) is 39.2 Å². The van der Waals surface area contributed by atoms with Crippen LogP contribution < -0.4 is 0 Å². The van der Waals surface area contributed by atoms with Crippen molar-refractivity contribution in [1.82, 2.24) is 9.55 Å². The third-order valence-electron chi connectivity index (χ3n) is 4.31. The molecule has 1 aliphatic carbocycles. The molecule has 19 heavy (non-hydrogen) atoms. The molecule has 102 valence electrons. The van der Waals surface area contributed by atoms with Gasteiger partial charge in [-0.25, -0.2) is 4.98 Å². The monoisotopic (exact) mass is 296 g/mol. The number of fused-ring (bicyclic) bond motifs is 1. The number of halogens is 2. The van der Waals surface area contributed by atoms with E-state index < -0.39 is 0 Å². The number of rotatable bonds is 5. The van der Waals surface area contributed by atoms with Crippen molar-refractivity contribution >= 4 is 34.2 Å². The first-order valence-corrected chi connectivity index (χ1v) is 7.79. The quantitative estimate of drug-likeness (QED) is 0.734. The van der Waals surface area contributed by atoms with Crippen LogP contribution in [0.2, 0.25) is 5.02 Å². The highest BCUT2D eigenvalue weighted by atomic mass is 35.5. The Morgan fingerprint density at radius 1 is 1.37 bits per heavy atom. The molecule has 0 radical (unpaired) electrons. The van der Waals surface area contributed by atoms with E-state index in [4.69, 9.17) is 28.2 Å². The van der Waals surface area contributed by atoms with Crippen LogP contribution in [0, 0.1) is 5.41 Å². The minimum absolute atomic E-state index is 0.483. The highest BCUT2D eigenvalue weighted by Gasteiger charge is 2.41. The van der Waals surface area contributed by atoms with Crippen molar-refractivity contribution in [2.24, 2.45) is 5.41 Å². The molecule has 2 aromatic rings. The average molecular weight is 297 g/mol. The second-order valence-corrected chi connectivity index (χ2v) is 6.35. The Morgan fingerprint density at radius 2 is 2.16 bits per heavy atom. The van der Waals surface area contributed by atoms with E-state index in [1.165, 1.54) is 19.3 Å². The summed E-state index contributed by atoms with van der Waals surface area (Å²) in [6.07, 6.45) is 4.69. The third kappa shape index (κ3) is 2.48. The number of aromatic nitrogens is 2. The highest BCUT2D eigenvalue weighted by molar-refractivity contribution is 6.31. The van der Waals surface area contributed by atoms with Crippen LogP contribution in [0.3, 0.4) is 0 Å². The number of benzene rings is 1. The number of alkyl halides is 1. The van der Waals surface area contributed by atoms with Gasteiger partial charge in [0.05, 0.1) is 11.0 Å². The second-order valence-electron chi connectivity index (χ2n) is 5.54. The van der Waals surface area contributed by atoms with Crippen LogP contribution in [-0.2, 0) is 13.0 Å². The van der Waals surface area contributed by atoms with Crippen molar-refractivity contribution in [2.75, 3.05) is 5.88 Å². The molecule has 0 saturated heterocycles. The van der Waals surface area contributed by atoms with Crippen LogP contribution in [0.15, 0.2) is 18.2 Å². The van der Waals surface area contributed by atoms with Crippen molar-refractivity contribution in [3.63, 3.8) is 0 Å². The lowest BCUT2D eigenvalue weighted by molar-refractivity contribution is 0.408. The summed E-state index contributed by atoms with van der Waals surface area (Å²) in [5.74, 6) is 1.70. The lowest BCUT2D eigenvalue weighted by atomic mass is 10.0. The molecule has 3 rings (SSSR count). The van der Waals surface area contributed by atoms with E-state index in [1.807, 2.05) is 18.2 Å². The minimum Gasteiger partial charge on any atom is -0.327 e. The molecular weight excluding hydrogens is 279 g/mol. The van der Waals surface area contributed by atoms with Gasteiger partial charge in [-0.3, -0.25) is 0 Å². The Hall–Kier alpha value is -0.730. The standard InChI is InChI=1S/C15H18Cl2N2/c1-2-15(6-7-15)10-19-13-9-11(17)3-4-12(13)18-14(19)5-8-16/h3-4,9H,2,5-8,10H2,1H3. The first-order valence-electron chi connectivity index (χ1n) is 6.88. The molecule has 1 aliphatic rings. The second kappa shape index (κ2) is 4.99. The molecule has 1 aromatic carbocycles. The maximum atomic E-state index is 6.13. The number of hydrogen-bond acceptors (Lipinski definition) is 1. The first-order chi connectivity index (χ1) is 9.17. The molecule has 0 spiro atoms. The molecule has 1 aromatic heterocycles. The van der Waals surface area contributed by atoms with Gasteiger partial charge in [0.2, 0.25) is 0 Å². The summed E-state index contributed by atoms with van der Waals surface area (Å²) < 4.78 is 2.33. The van der Waals surface area contributed by atoms with E-state index in [1.54, 1.807) is 0 Å². The average Bonchev–Trinajstić information content (AvgIpc) is 3.11. The molecule has 1 heterocycles. The predicted molar refractivity (Wildman–Crippen MR) is 81.1 cm³/mol. The fraction of sp³-hybridized carbons (Fsp3) is 0.533. The summed E-state index contributed by atoms with van der Waals surface area (Å²) >= 11 is 12.0. The Balaban J connectivity index is 2.07. The minimum atomic E-state index is 0.483. The van der Waals surface area contributed by atoms with E-state index in [0.717, 1.165) is 34.8 Å². The summed E-state index contributed by atoms with van der Waals surface area (Å²) in [7, 11) is 0. The smallest absolute Gasteiger partial charge is 0.111 e. The van der Waals surface area contributed by atoms with Crippen LogP contribution in [0.25, 0.3) is 11.0 Å². The fourth-order valence-corrected chi connectivity index (χ4v) is 3.07. The molecule has 1 fully saturated rings. The molecule has 0 aliphatic heterocycles. The van der Waals surface area contributed by atoms with Gasteiger partial charge in [-0.15, -0.1) is 11.6 Å². The van der Waals surface area contributed by atoms with Gasteiger partial charge in [0.1, 0.15) is 5.82 Å². The van der Waals surface area contributed by atoms with Gasteiger partial charge in [-0.2, -0.15) is 0 Å². The molecule has 0 N–H and O–H groups in total. The van der Waals surface area contributed by atoms with Crippen LogP contribution in [0.4, 0.5) is 0 Å². The topological polar surface area (TPSA) is 17.8 Å². The van der Waals surface area contributed by atoms with Crippen molar-refractivity contribution in [1.29, 1.82) is 0 Å². The Bertz CT molecular complexity index is 599. The van der Waals surface area contributed by atoms with Gasteiger partial charge in [-0.1, -0.05) is 18.5 Å². The summed E-state index contributed by atoms with van der Waals surface area (Å²) in [6.45, 7) is 3.33. The summed E-state index contributed by atoms with van der Waals surface area (Å²) in [6, 6.07) is 5.92. The van der Waals surface area contributed by atoms with E-state index in [2.05, 4.69) is 11.5 Å². The third-order valence-corrected chi connectivity index (χ3v) is 4.73. The summed E-state index contributed by atoms with van der Waals surface area (Å²) in [5, 5.41) is 0.771. The number of nitrogens with zero attached hydrogens (tertiary/aromatic N) is 2. The maximum absolute atomic E-state index is 6.13. The van der Waals surface area contributed by atoms with Crippen LogP contribution in [0.5, 0.6) is 0 Å². The lowest BCUT2D eigenvalue weighted by Gasteiger charge is -2.16. The SMILES string of the molecule is CCC1(Cn2c(CCCl)nc3ccc(Cl)cc32)CC1. The Morgan fingerprint density at radius 3 is 2.79 bits per heavy atom. The van der Waals surface area contributed by atoms with Crippen molar-refractivity contribution in [3.05, 3.63) is 29.0 Å².